The molecule has 0 aliphatic carbocycles. The number of ether oxygens (including phenoxy) is 2. The van der Waals surface area contributed by atoms with Gasteiger partial charge < -0.3 is 20.1 Å². The summed E-state index contributed by atoms with van der Waals surface area (Å²) in [6, 6.07) is 10.1. The standard InChI is InChI=1S/C18H16Cl2N2O4/c19-11-3-6-15(13(20)8-11)25-7-1-2-17(23)21-12-4-5-14-16(9-12)26-10-18(24)22-14/h3-6,8-9H,1-2,7,10H2,(H,21,23)(H,22,24). The summed E-state index contributed by atoms with van der Waals surface area (Å²) in [4.78, 5) is 23.3. The molecule has 0 aromatic heterocycles. The van der Waals surface area contributed by atoms with Crippen molar-refractivity contribution < 1.29 is 19.1 Å². The molecule has 0 spiro atoms. The van der Waals surface area contributed by atoms with E-state index in [1.54, 1.807) is 36.4 Å². The molecule has 2 N–H and O–H groups in total. The van der Waals surface area contributed by atoms with Crippen LogP contribution >= 0.6 is 23.2 Å². The molecule has 136 valence electrons. The molecule has 2 aromatic carbocycles. The SMILES string of the molecule is O=C(CCCOc1ccc(Cl)cc1Cl)Nc1ccc2c(c1)OCC(=O)N2. The molecule has 2 aromatic rings. The average Bonchev–Trinajstić information content (AvgIpc) is 2.60. The fourth-order valence-corrected chi connectivity index (χ4v) is 2.85. The Hall–Kier alpha value is -2.44. The summed E-state index contributed by atoms with van der Waals surface area (Å²) in [5.74, 6) is 0.721. The molecule has 2 amide bonds. The Morgan fingerprint density at radius 3 is 2.88 bits per heavy atom. The topological polar surface area (TPSA) is 76.7 Å². The number of hydrogen-bond acceptors (Lipinski definition) is 4. The minimum Gasteiger partial charge on any atom is -0.492 e. The third kappa shape index (κ3) is 4.80. The van der Waals surface area contributed by atoms with Gasteiger partial charge in [0.05, 0.1) is 17.3 Å². The summed E-state index contributed by atoms with van der Waals surface area (Å²) in [5, 5.41) is 6.45. The Balaban J connectivity index is 1.45. The molecule has 26 heavy (non-hydrogen) atoms. The van der Waals surface area contributed by atoms with Gasteiger partial charge in [0.15, 0.2) is 6.61 Å². The normalized spacial score (nSPS) is 12.6. The minimum atomic E-state index is -0.199. The lowest BCUT2D eigenvalue weighted by atomic mass is 10.2. The second-order valence-electron chi connectivity index (χ2n) is 5.62. The zero-order valence-corrected chi connectivity index (χ0v) is 15.2. The van der Waals surface area contributed by atoms with Gasteiger partial charge in [-0.25, -0.2) is 0 Å². The molecule has 0 atom stereocenters. The van der Waals surface area contributed by atoms with Crippen LogP contribution in [0.2, 0.25) is 10.0 Å². The molecule has 0 unspecified atom stereocenters. The van der Waals surface area contributed by atoms with E-state index in [-0.39, 0.29) is 18.4 Å². The lowest BCUT2D eigenvalue weighted by molar-refractivity contribution is -0.118. The fraction of sp³-hybridized carbons (Fsp3) is 0.222. The molecule has 3 rings (SSSR count). The third-order valence-electron chi connectivity index (χ3n) is 3.60. The van der Waals surface area contributed by atoms with E-state index in [0.717, 1.165) is 0 Å². The zero-order chi connectivity index (χ0) is 18.5. The number of nitrogens with one attached hydrogen (secondary N) is 2. The van der Waals surface area contributed by atoms with Crippen molar-refractivity contribution in [3.8, 4) is 11.5 Å². The Labute approximate surface area is 160 Å². The van der Waals surface area contributed by atoms with Crippen molar-refractivity contribution in [1.29, 1.82) is 0 Å². The van der Waals surface area contributed by atoms with E-state index in [2.05, 4.69) is 10.6 Å². The van der Waals surface area contributed by atoms with Crippen molar-refractivity contribution in [2.75, 3.05) is 23.8 Å². The zero-order valence-electron chi connectivity index (χ0n) is 13.7. The molecule has 1 heterocycles. The first-order valence-electron chi connectivity index (χ1n) is 7.95. The Bertz CT molecular complexity index is 842. The Kier molecular flexibility index (Phi) is 5.85. The van der Waals surface area contributed by atoms with E-state index in [1.165, 1.54) is 0 Å². The van der Waals surface area contributed by atoms with Crippen LogP contribution in [0, 0.1) is 0 Å². The second-order valence-corrected chi connectivity index (χ2v) is 6.47. The molecule has 0 fully saturated rings. The first-order chi connectivity index (χ1) is 12.5. The fourth-order valence-electron chi connectivity index (χ4n) is 2.38. The predicted molar refractivity (Wildman–Crippen MR) is 100 cm³/mol. The highest BCUT2D eigenvalue weighted by Gasteiger charge is 2.16. The number of carbonyl (C=O) groups excluding carboxylic acids is 2. The van der Waals surface area contributed by atoms with Gasteiger partial charge in [0, 0.05) is 23.2 Å². The highest BCUT2D eigenvalue weighted by atomic mass is 35.5. The highest BCUT2D eigenvalue weighted by Crippen LogP contribution is 2.30. The molecule has 0 saturated carbocycles. The summed E-state index contributed by atoms with van der Waals surface area (Å²) >= 11 is 11.8. The van der Waals surface area contributed by atoms with E-state index in [4.69, 9.17) is 32.7 Å². The monoisotopic (exact) mass is 394 g/mol. The van der Waals surface area contributed by atoms with E-state index in [9.17, 15) is 9.59 Å². The maximum absolute atomic E-state index is 12.0. The van der Waals surface area contributed by atoms with Gasteiger partial charge in [0.25, 0.3) is 5.91 Å². The van der Waals surface area contributed by atoms with E-state index in [1.807, 2.05) is 0 Å². The maximum Gasteiger partial charge on any atom is 0.262 e. The van der Waals surface area contributed by atoms with Gasteiger partial charge >= 0.3 is 0 Å². The predicted octanol–water partition coefficient (Wildman–Crippen LogP) is 4.12. The summed E-state index contributed by atoms with van der Waals surface area (Å²) in [7, 11) is 0. The van der Waals surface area contributed by atoms with Crippen molar-refractivity contribution in [2.45, 2.75) is 12.8 Å². The lowest BCUT2D eigenvalue weighted by Gasteiger charge is -2.18. The van der Waals surface area contributed by atoms with Gasteiger partial charge in [-0.1, -0.05) is 23.2 Å². The summed E-state index contributed by atoms with van der Waals surface area (Å²) in [6.07, 6.45) is 0.822. The summed E-state index contributed by atoms with van der Waals surface area (Å²) in [5.41, 5.74) is 1.19. The van der Waals surface area contributed by atoms with E-state index in [0.29, 0.717) is 52.4 Å². The van der Waals surface area contributed by atoms with E-state index < -0.39 is 0 Å². The molecule has 1 aliphatic heterocycles. The van der Waals surface area contributed by atoms with Gasteiger partial charge in [-0.3, -0.25) is 9.59 Å². The van der Waals surface area contributed by atoms with Crippen LogP contribution in [0.15, 0.2) is 36.4 Å². The quantitative estimate of drug-likeness (QED) is 0.722. The molecular weight excluding hydrogens is 379 g/mol. The molecule has 6 nitrogen and oxygen atoms in total. The molecule has 0 saturated heterocycles. The number of carbonyl (C=O) groups is 2. The maximum atomic E-state index is 12.0. The number of benzene rings is 2. The average molecular weight is 395 g/mol. The van der Waals surface area contributed by atoms with Crippen LogP contribution in [-0.4, -0.2) is 25.0 Å². The van der Waals surface area contributed by atoms with Crippen LogP contribution in [0.3, 0.4) is 0 Å². The molecular formula is C18H16Cl2N2O4. The smallest absolute Gasteiger partial charge is 0.262 e. The lowest BCUT2D eigenvalue weighted by Crippen LogP contribution is -2.25. The number of amides is 2. The molecule has 0 bridgehead atoms. The Morgan fingerprint density at radius 1 is 1.23 bits per heavy atom. The molecule has 0 radical (unpaired) electrons. The minimum absolute atomic E-state index is 0.0327. The number of fused-ring (bicyclic) bond motifs is 1. The van der Waals surface area contributed by atoms with Crippen LogP contribution in [0.4, 0.5) is 11.4 Å². The van der Waals surface area contributed by atoms with Crippen molar-refractivity contribution in [2.24, 2.45) is 0 Å². The van der Waals surface area contributed by atoms with Crippen molar-refractivity contribution in [1.82, 2.24) is 0 Å². The van der Waals surface area contributed by atoms with Gasteiger partial charge in [-0.05, 0) is 36.8 Å². The first kappa shape index (κ1) is 18.4. The number of anilines is 2. The van der Waals surface area contributed by atoms with Crippen molar-refractivity contribution in [3.63, 3.8) is 0 Å². The molecule has 1 aliphatic rings. The molecule has 8 heteroatoms. The summed E-state index contributed by atoms with van der Waals surface area (Å²) < 4.78 is 10.9. The van der Waals surface area contributed by atoms with Crippen LogP contribution in [0.1, 0.15) is 12.8 Å². The Morgan fingerprint density at radius 2 is 2.08 bits per heavy atom. The van der Waals surface area contributed by atoms with E-state index >= 15 is 0 Å². The van der Waals surface area contributed by atoms with Crippen LogP contribution in [0.5, 0.6) is 11.5 Å². The van der Waals surface area contributed by atoms with Gasteiger partial charge in [-0.15, -0.1) is 0 Å². The van der Waals surface area contributed by atoms with Crippen LogP contribution in [-0.2, 0) is 9.59 Å². The largest absolute Gasteiger partial charge is 0.492 e. The van der Waals surface area contributed by atoms with Gasteiger partial charge in [-0.2, -0.15) is 0 Å². The third-order valence-corrected chi connectivity index (χ3v) is 4.13. The number of halogens is 2. The second kappa shape index (κ2) is 8.29. The van der Waals surface area contributed by atoms with Crippen molar-refractivity contribution >= 4 is 46.4 Å². The highest BCUT2D eigenvalue weighted by molar-refractivity contribution is 6.35. The first-order valence-corrected chi connectivity index (χ1v) is 8.71. The number of rotatable bonds is 6. The summed E-state index contributed by atoms with van der Waals surface area (Å²) in [6.45, 7) is 0.323. The van der Waals surface area contributed by atoms with Crippen LogP contribution in [0.25, 0.3) is 0 Å². The van der Waals surface area contributed by atoms with Crippen molar-refractivity contribution in [3.05, 3.63) is 46.4 Å². The van der Waals surface area contributed by atoms with Crippen LogP contribution < -0.4 is 20.1 Å². The van der Waals surface area contributed by atoms with Gasteiger partial charge in [0.1, 0.15) is 11.5 Å². The number of hydrogen-bond donors (Lipinski definition) is 2. The van der Waals surface area contributed by atoms with Gasteiger partial charge in [0.2, 0.25) is 5.91 Å².